The lowest BCUT2D eigenvalue weighted by Crippen LogP contribution is -2.38. The van der Waals surface area contributed by atoms with Crippen molar-refractivity contribution in [3.8, 4) is 5.75 Å². The van der Waals surface area contributed by atoms with Crippen LogP contribution in [0, 0.1) is 11.8 Å². The monoisotopic (exact) mass is 400 g/mol. The molecule has 1 saturated carbocycles. The Kier molecular flexibility index (Phi) is 5.48. The van der Waals surface area contributed by atoms with Gasteiger partial charge in [-0.15, -0.1) is 0 Å². The molecule has 2 aliphatic rings. The molecule has 1 saturated heterocycles. The Morgan fingerprint density at radius 2 is 1.55 bits per heavy atom. The number of amides is 2. The third-order valence-corrected chi connectivity index (χ3v) is 6.67. The van der Waals surface area contributed by atoms with Crippen molar-refractivity contribution in [3.63, 3.8) is 0 Å². The highest BCUT2D eigenvalue weighted by atomic mass is 16.3. The summed E-state index contributed by atoms with van der Waals surface area (Å²) in [7, 11) is 1.87. The Labute approximate surface area is 174 Å². The van der Waals surface area contributed by atoms with Crippen molar-refractivity contribution in [2.75, 3.05) is 13.6 Å². The molecule has 2 N–H and O–H groups in total. The van der Waals surface area contributed by atoms with Gasteiger partial charge in [-0.1, -0.05) is 41.5 Å². The minimum Gasteiger partial charge on any atom is -0.507 e. The van der Waals surface area contributed by atoms with Gasteiger partial charge in [-0.05, 0) is 47.6 Å². The Hall–Kier alpha value is -2.04. The zero-order valence-corrected chi connectivity index (χ0v) is 18.9. The number of phenols is 1. The first-order chi connectivity index (χ1) is 13.3. The topological polar surface area (TPSA) is 69.6 Å². The summed E-state index contributed by atoms with van der Waals surface area (Å²) < 4.78 is 0. The molecule has 1 aromatic carbocycles. The normalized spacial score (nSPS) is 24.8. The van der Waals surface area contributed by atoms with E-state index in [9.17, 15) is 14.7 Å². The van der Waals surface area contributed by atoms with Crippen LogP contribution in [0.5, 0.6) is 5.75 Å². The molecule has 5 heteroatoms. The molecule has 3 rings (SSSR count). The Balaban J connectivity index is 1.91. The molecular formula is C24H36N2O3. The molecular weight excluding hydrogens is 364 g/mol. The van der Waals surface area contributed by atoms with Crippen LogP contribution in [0.2, 0.25) is 0 Å². The van der Waals surface area contributed by atoms with Gasteiger partial charge >= 0.3 is 0 Å². The second-order valence-corrected chi connectivity index (χ2v) is 11.0. The minimum atomic E-state index is -0.271. The van der Waals surface area contributed by atoms with Crippen LogP contribution >= 0.6 is 0 Å². The van der Waals surface area contributed by atoms with E-state index in [1.807, 2.05) is 24.1 Å². The van der Waals surface area contributed by atoms with Gasteiger partial charge in [0.25, 0.3) is 5.91 Å². The Morgan fingerprint density at radius 3 is 2.07 bits per heavy atom. The SMILES string of the molecule is CN(C(=O)c1cc(C(C)(C)C)c(O)c(C(C)(C)C)c1)[C@H]1C[C@H]2CNC(=O)C[C@H]2C1. The zero-order valence-electron chi connectivity index (χ0n) is 18.9. The maximum Gasteiger partial charge on any atom is 0.253 e. The van der Waals surface area contributed by atoms with E-state index in [2.05, 4.69) is 46.9 Å². The molecule has 0 aromatic heterocycles. The van der Waals surface area contributed by atoms with E-state index in [4.69, 9.17) is 0 Å². The van der Waals surface area contributed by atoms with Crippen molar-refractivity contribution in [3.05, 3.63) is 28.8 Å². The number of hydrogen-bond acceptors (Lipinski definition) is 3. The van der Waals surface area contributed by atoms with Gasteiger partial charge in [0.2, 0.25) is 5.91 Å². The van der Waals surface area contributed by atoms with Crippen LogP contribution in [-0.2, 0) is 15.6 Å². The molecule has 0 radical (unpaired) electrons. The van der Waals surface area contributed by atoms with E-state index in [1.54, 1.807) is 0 Å². The van der Waals surface area contributed by atoms with Gasteiger partial charge in [0.05, 0.1) is 0 Å². The van der Waals surface area contributed by atoms with E-state index in [0.29, 0.717) is 29.6 Å². The van der Waals surface area contributed by atoms with E-state index < -0.39 is 0 Å². The number of aromatic hydroxyl groups is 1. The molecule has 29 heavy (non-hydrogen) atoms. The van der Waals surface area contributed by atoms with Crippen molar-refractivity contribution in [1.29, 1.82) is 0 Å². The fourth-order valence-electron chi connectivity index (χ4n) is 4.82. The van der Waals surface area contributed by atoms with Gasteiger partial charge in [-0.3, -0.25) is 9.59 Å². The van der Waals surface area contributed by atoms with Crippen LogP contribution in [0.25, 0.3) is 0 Å². The second kappa shape index (κ2) is 7.33. The van der Waals surface area contributed by atoms with E-state index in [-0.39, 0.29) is 28.7 Å². The summed E-state index contributed by atoms with van der Waals surface area (Å²) in [4.78, 5) is 27.0. The fourth-order valence-corrected chi connectivity index (χ4v) is 4.82. The van der Waals surface area contributed by atoms with Gasteiger partial charge in [0.1, 0.15) is 5.75 Å². The molecule has 160 valence electrons. The highest BCUT2D eigenvalue weighted by Gasteiger charge is 2.41. The molecule has 0 spiro atoms. The van der Waals surface area contributed by atoms with Gasteiger partial charge in [0, 0.05) is 42.7 Å². The van der Waals surface area contributed by atoms with Gasteiger partial charge in [-0.2, -0.15) is 0 Å². The smallest absolute Gasteiger partial charge is 0.253 e. The van der Waals surface area contributed by atoms with Crippen LogP contribution in [-0.4, -0.2) is 41.5 Å². The summed E-state index contributed by atoms with van der Waals surface area (Å²) in [5.41, 5.74) is 1.69. The van der Waals surface area contributed by atoms with Crippen molar-refractivity contribution in [2.24, 2.45) is 11.8 Å². The first kappa shape index (κ1) is 21.7. The number of rotatable bonds is 2. The maximum absolute atomic E-state index is 13.4. The molecule has 1 aliphatic heterocycles. The lowest BCUT2D eigenvalue weighted by molar-refractivity contribution is -0.124. The van der Waals surface area contributed by atoms with Crippen molar-refractivity contribution in [2.45, 2.75) is 77.7 Å². The number of hydrogen-bond donors (Lipinski definition) is 2. The third-order valence-electron chi connectivity index (χ3n) is 6.67. The Bertz CT molecular complexity index is 781. The summed E-state index contributed by atoms with van der Waals surface area (Å²) in [6, 6.07) is 3.86. The van der Waals surface area contributed by atoms with E-state index in [1.165, 1.54) is 0 Å². The van der Waals surface area contributed by atoms with Gasteiger partial charge in [0.15, 0.2) is 0 Å². The zero-order chi connectivity index (χ0) is 21.7. The molecule has 1 heterocycles. The molecule has 1 aliphatic carbocycles. The van der Waals surface area contributed by atoms with Crippen LogP contribution in [0.3, 0.4) is 0 Å². The first-order valence-corrected chi connectivity index (χ1v) is 10.7. The number of fused-ring (bicyclic) bond motifs is 1. The standard InChI is InChI=1S/C24H36N2O3/c1-23(2,3)18-10-15(11-19(21(18)28)24(4,5)6)22(29)26(7)17-8-14-12-20(27)25-13-16(14)9-17/h10-11,14,16-17,28H,8-9,12-13H2,1-7H3,(H,25,27)/t14-,16+,17-/m1/s1. The molecule has 2 amide bonds. The highest BCUT2D eigenvalue weighted by molar-refractivity contribution is 5.95. The molecule has 0 bridgehead atoms. The van der Waals surface area contributed by atoms with Crippen LogP contribution in [0.1, 0.15) is 82.3 Å². The number of benzene rings is 1. The van der Waals surface area contributed by atoms with E-state index >= 15 is 0 Å². The lowest BCUT2D eigenvalue weighted by atomic mass is 9.78. The first-order valence-electron chi connectivity index (χ1n) is 10.7. The highest BCUT2D eigenvalue weighted by Crippen LogP contribution is 2.41. The maximum atomic E-state index is 13.4. The number of piperidine rings is 1. The number of carbonyl (C=O) groups excluding carboxylic acids is 2. The molecule has 3 atom stereocenters. The lowest BCUT2D eigenvalue weighted by Gasteiger charge is -2.30. The summed E-state index contributed by atoms with van der Waals surface area (Å²) in [5.74, 6) is 1.25. The van der Waals surface area contributed by atoms with Gasteiger partial charge < -0.3 is 15.3 Å². The number of carbonyl (C=O) groups is 2. The summed E-state index contributed by atoms with van der Waals surface area (Å²) in [6.45, 7) is 13.0. The summed E-state index contributed by atoms with van der Waals surface area (Å²) >= 11 is 0. The molecule has 1 aromatic rings. The largest absolute Gasteiger partial charge is 0.507 e. The number of nitrogens with one attached hydrogen (secondary N) is 1. The fraction of sp³-hybridized carbons (Fsp3) is 0.667. The van der Waals surface area contributed by atoms with E-state index in [0.717, 1.165) is 30.5 Å². The van der Waals surface area contributed by atoms with Crippen molar-refractivity contribution < 1.29 is 14.7 Å². The summed E-state index contributed by atoms with van der Waals surface area (Å²) in [6.07, 6.45) is 2.39. The predicted octanol–water partition coefficient (Wildman–Crippen LogP) is 3.97. The summed E-state index contributed by atoms with van der Waals surface area (Å²) in [5, 5.41) is 13.9. The van der Waals surface area contributed by atoms with Crippen molar-refractivity contribution in [1.82, 2.24) is 10.2 Å². The van der Waals surface area contributed by atoms with Crippen LogP contribution in [0.4, 0.5) is 0 Å². The average molecular weight is 401 g/mol. The Morgan fingerprint density at radius 1 is 1.03 bits per heavy atom. The molecule has 2 fully saturated rings. The third kappa shape index (κ3) is 4.29. The number of phenolic OH excluding ortho intramolecular Hbond substituents is 1. The van der Waals surface area contributed by atoms with Crippen molar-refractivity contribution >= 4 is 11.8 Å². The van der Waals surface area contributed by atoms with Crippen LogP contribution < -0.4 is 5.32 Å². The quantitative estimate of drug-likeness (QED) is 0.789. The second-order valence-electron chi connectivity index (χ2n) is 11.0. The van der Waals surface area contributed by atoms with Crippen LogP contribution in [0.15, 0.2) is 12.1 Å². The molecule has 5 nitrogen and oxygen atoms in total. The van der Waals surface area contributed by atoms with Gasteiger partial charge in [-0.25, -0.2) is 0 Å². The predicted molar refractivity (Wildman–Crippen MR) is 115 cm³/mol. The molecule has 0 unspecified atom stereocenters. The number of nitrogens with zero attached hydrogens (tertiary/aromatic N) is 1. The minimum absolute atomic E-state index is 0.0102. The average Bonchev–Trinajstić information content (AvgIpc) is 3.01.